The van der Waals surface area contributed by atoms with Crippen molar-refractivity contribution in [1.29, 1.82) is 0 Å². The zero-order valence-electron chi connectivity index (χ0n) is 23.6. The predicted molar refractivity (Wildman–Crippen MR) is 141 cm³/mol. The van der Waals surface area contributed by atoms with Crippen LogP contribution < -0.4 is 0 Å². The Morgan fingerprint density at radius 1 is 0.944 bits per heavy atom. The average molecular weight is 497 g/mol. The number of esters is 1. The molecule has 0 aromatic rings. The molecule has 5 saturated carbocycles. The van der Waals surface area contributed by atoms with E-state index in [1.807, 2.05) is 0 Å². The van der Waals surface area contributed by atoms with Gasteiger partial charge in [0.2, 0.25) is 0 Å². The second-order valence-electron chi connectivity index (χ2n) is 14.8. The number of allylic oxidation sites excluding steroid dienone is 1. The number of fused-ring (bicyclic) bond motifs is 7. The van der Waals surface area contributed by atoms with Gasteiger partial charge in [-0.15, -0.1) is 0 Å². The van der Waals surface area contributed by atoms with E-state index >= 15 is 0 Å². The van der Waals surface area contributed by atoms with Gasteiger partial charge in [-0.3, -0.25) is 14.4 Å². The standard InChI is InChI=1S/C32H48O4/c1-20(18-33)22-10-13-28(3)16-17-31(6)23(27(22)28)8-9-25-29(4)14-12-26(35)30(5,19-36-21(2)34)24(29)11-15-32(25,31)7/h18,22-25,27H,1,8-17,19H2,2-7H3/t22-,23+,24+,25+,27+,28+,29-,30-,31+,32+/m0/s1. The highest BCUT2D eigenvalue weighted by Gasteiger charge is 2.70. The third-order valence-corrected chi connectivity index (χ3v) is 13.6. The summed E-state index contributed by atoms with van der Waals surface area (Å²) in [7, 11) is 0. The summed E-state index contributed by atoms with van der Waals surface area (Å²) in [6.07, 6.45) is 12.0. The van der Waals surface area contributed by atoms with Crippen molar-refractivity contribution in [1.82, 2.24) is 0 Å². The van der Waals surface area contributed by atoms with Gasteiger partial charge in [0.1, 0.15) is 18.7 Å². The smallest absolute Gasteiger partial charge is 0.302 e. The summed E-state index contributed by atoms with van der Waals surface area (Å²) < 4.78 is 5.52. The average Bonchev–Trinajstić information content (AvgIpc) is 3.18. The first-order valence-electron chi connectivity index (χ1n) is 14.6. The van der Waals surface area contributed by atoms with Crippen molar-refractivity contribution >= 4 is 18.0 Å². The van der Waals surface area contributed by atoms with Crippen LogP contribution in [0.2, 0.25) is 0 Å². The highest BCUT2D eigenvalue weighted by atomic mass is 16.5. The molecular formula is C32H48O4. The van der Waals surface area contributed by atoms with Gasteiger partial charge in [0.25, 0.3) is 0 Å². The topological polar surface area (TPSA) is 60.4 Å². The van der Waals surface area contributed by atoms with Crippen LogP contribution in [0.15, 0.2) is 12.2 Å². The van der Waals surface area contributed by atoms with Crippen LogP contribution in [0.4, 0.5) is 0 Å². The van der Waals surface area contributed by atoms with Crippen LogP contribution in [0.25, 0.3) is 0 Å². The van der Waals surface area contributed by atoms with E-state index in [0.29, 0.717) is 35.5 Å². The van der Waals surface area contributed by atoms with E-state index in [0.717, 1.165) is 37.5 Å². The highest BCUT2D eigenvalue weighted by Crippen LogP contribution is 2.77. The lowest BCUT2D eigenvalue weighted by Gasteiger charge is -2.72. The monoisotopic (exact) mass is 496 g/mol. The van der Waals surface area contributed by atoms with Crippen molar-refractivity contribution in [2.24, 2.45) is 56.7 Å². The van der Waals surface area contributed by atoms with Crippen molar-refractivity contribution in [3.63, 3.8) is 0 Å². The Bertz CT molecular complexity index is 985. The van der Waals surface area contributed by atoms with E-state index < -0.39 is 5.41 Å². The normalized spacial score (nSPS) is 51.8. The first kappa shape index (κ1) is 26.2. The zero-order chi connectivity index (χ0) is 26.3. The Morgan fingerprint density at radius 2 is 1.67 bits per heavy atom. The number of Topliss-reactive ketones (excluding diaryl/α,β-unsaturated/α-hetero) is 1. The summed E-state index contributed by atoms with van der Waals surface area (Å²) >= 11 is 0. The van der Waals surface area contributed by atoms with Crippen LogP contribution in [-0.4, -0.2) is 24.6 Å². The Kier molecular flexibility index (Phi) is 6.01. The lowest BCUT2D eigenvalue weighted by molar-refractivity contribution is -0.236. The third kappa shape index (κ3) is 3.27. The fraction of sp³-hybridized carbons (Fsp3) is 0.844. The van der Waals surface area contributed by atoms with E-state index in [-0.39, 0.29) is 40.5 Å². The molecule has 36 heavy (non-hydrogen) atoms. The number of ether oxygens (including phenoxy) is 1. The Balaban J connectivity index is 1.51. The number of carbonyl (C=O) groups excluding carboxylic acids is 3. The van der Waals surface area contributed by atoms with Gasteiger partial charge in [0.15, 0.2) is 0 Å². The molecule has 4 heteroatoms. The molecule has 4 nitrogen and oxygen atoms in total. The first-order chi connectivity index (χ1) is 16.8. The van der Waals surface area contributed by atoms with Crippen molar-refractivity contribution < 1.29 is 19.1 Å². The maximum Gasteiger partial charge on any atom is 0.302 e. The second kappa shape index (κ2) is 8.27. The zero-order valence-corrected chi connectivity index (χ0v) is 23.6. The molecule has 5 aliphatic rings. The molecule has 0 N–H and O–H groups in total. The molecule has 0 saturated heterocycles. The minimum absolute atomic E-state index is 0.0754. The van der Waals surface area contributed by atoms with E-state index in [2.05, 4.69) is 41.2 Å². The van der Waals surface area contributed by atoms with Gasteiger partial charge in [-0.1, -0.05) is 34.3 Å². The first-order valence-corrected chi connectivity index (χ1v) is 14.6. The number of carbonyl (C=O) groups is 3. The summed E-state index contributed by atoms with van der Waals surface area (Å²) in [5.74, 6) is 2.32. The van der Waals surface area contributed by atoms with Crippen molar-refractivity contribution in [2.45, 2.75) is 106 Å². The Labute approximate surface area is 218 Å². The quantitative estimate of drug-likeness (QED) is 0.240. The predicted octanol–water partition coefficient (Wildman–Crippen LogP) is 6.96. The van der Waals surface area contributed by atoms with E-state index in [1.54, 1.807) is 0 Å². The summed E-state index contributed by atoms with van der Waals surface area (Å²) in [5.41, 5.74) is 1.08. The highest BCUT2D eigenvalue weighted by molar-refractivity contribution is 5.86. The third-order valence-electron chi connectivity index (χ3n) is 13.6. The van der Waals surface area contributed by atoms with Gasteiger partial charge in [-0.25, -0.2) is 0 Å². The summed E-state index contributed by atoms with van der Waals surface area (Å²) in [6, 6.07) is 0. The van der Waals surface area contributed by atoms with Gasteiger partial charge >= 0.3 is 5.97 Å². The molecule has 10 atom stereocenters. The minimum Gasteiger partial charge on any atom is -0.465 e. The lowest BCUT2D eigenvalue weighted by atomic mass is 9.32. The summed E-state index contributed by atoms with van der Waals surface area (Å²) in [6.45, 7) is 18.1. The number of ketones is 1. The molecule has 5 aliphatic carbocycles. The molecule has 0 amide bonds. The Morgan fingerprint density at radius 3 is 2.33 bits per heavy atom. The molecule has 5 rings (SSSR count). The van der Waals surface area contributed by atoms with Gasteiger partial charge in [-0.05, 0) is 122 Å². The Hall–Kier alpha value is -1.45. The van der Waals surface area contributed by atoms with E-state index in [9.17, 15) is 14.4 Å². The SMILES string of the molecule is C=C(C=O)[C@@H]1CC[C@]2(C)CC[C@]3(C)[C@H](CC[C@@H]4[C@@]5(C)CCC(=O)[C@@](C)(COC(C)=O)[C@@H]5CC[C@]43C)[C@@H]12. The summed E-state index contributed by atoms with van der Waals surface area (Å²) in [5, 5.41) is 0. The maximum absolute atomic E-state index is 13.3. The van der Waals surface area contributed by atoms with Gasteiger partial charge < -0.3 is 4.74 Å². The lowest BCUT2D eigenvalue weighted by Crippen LogP contribution is -2.66. The number of aldehydes is 1. The molecule has 200 valence electrons. The van der Waals surface area contributed by atoms with Crippen LogP contribution in [0, 0.1) is 56.7 Å². The van der Waals surface area contributed by atoms with E-state index in [4.69, 9.17) is 4.74 Å². The molecule has 0 aromatic carbocycles. The van der Waals surface area contributed by atoms with E-state index in [1.165, 1.54) is 39.0 Å². The number of hydrogen-bond donors (Lipinski definition) is 0. The molecule has 0 unspecified atom stereocenters. The van der Waals surface area contributed by atoms with Crippen LogP contribution in [-0.2, 0) is 19.1 Å². The van der Waals surface area contributed by atoms with Gasteiger partial charge in [0, 0.05) is 13.3 Å². The fourth-order valence-corrected chi connectivity index (χ4v) is 11.5. The van der Waals surface area contributed by atoms with Gasteiger partial charge in [-0.2, -0.15) is 0 Å². The largest absolute Gasteiger partial charge is 0.465 e. The molecule has 0 spiro atoms. The maximum atomic E-state index is 13.3. The van der Waals surface area contributed by atoms with Crippen molar-refractivity contribution in [3.8, 4) is 0 Å². The molecule has 0 aliphatic heterocycles. The number of hydrogen-bond acceptors (Lipinski definition) is 4. The van der Waals surface area contributed by atoms with Crippen LogP contribution in [0.3, 0.4) is 0 Å². The molecular weight excluding hydrogens is 448 g/mol. The second-order valence-corrected chi connectivity index (χ2v) is 14.8. The fourth-order valence-electron chi connectivity index (χ4n) is 11.5. The van der Waals surface area contributed by atoms with Crippen LogP contribution in [0.1, 0.15) is 106 Å². The van der Waals surface area contributed by atoms with Crippen molar-refractivity contribution in [3.05, 3.63) is 12.2 Å². The van der Waals surface area contributed by atoms with Crippen LogP contribution in [0.5, 0.6) is 0 Å². The molecule has 0 heterocycles. The molecule has 0 aromatic heterocycles. The summed E-state index contributed by atoms with van der Waals surface area (Å²) in [4.78, 5) is 36.8. The minimum atomic E-state index is -0.582. The molecule has 0 radical (unpaired) electrons. The number of rotatable bonds is 4. The van der Waals surface area contributed by atoms with Gasteiger partial charge in [0.05, 0.1) is 5.41 Å². The van der Waals surface area contributed by atoms with Crippen LogP contribution >= 0.6 is 0 Å². The molecule has 0 bridgehead atoms. The van der Waals surface area contributed by atoms with Crippen molar-refractivity contribution in [2.75, 3.05) is 6.61 Å². The molecule has 5 fully saturated rings.